The highest BCUT2D eigenvalue weighted by molar-refractivity contribution is 7.89. The van der Waals surface area contributed by atoms with Gasteiger partial charge in [0.05, 0.1) is 4.90 Å². The van der Waals surface area contributed by atoms with Gasteiger partial charge in [-0.15, -0.1) is 0 Å². The van der Waals surface area contributed by atoms with E-state index in [-0.39, 0.29) is 0 Å². The Morgan fingerprint density at radius 1 is 1.21 bits per heavy atom. The number of rotatable bonds is 3. The minimum absolute atomic E-state index is 0.413. The lowest BCUT2D eigenvalue weighted by Crippen LogP contribution is -2.44. The predicted molar refractivity (Wildman–Crippen MR) is 76.6 cm³/mol. The van der Waals surface area contributed by atoms with E-state index in [2.05, 4.69) is 19.0 Å². The number of nitrogens with zero attached hydrogens (tertiary/aromatic N) is 2. The summed E-state index contributed by atoms with van der Waals surface area (Å²) in [6.45, 7) is 3.13. The van der Waals surface area contributed by atoms with Gasteiger partial charge in [0.1, 0.15) is 0 Å². The van der Waals surface area contributed by atoms with Gasteiger partial charge in [0, 0.05) is 19.1 Å². The first-order valence-electron chi connectivity index (χ1n) is 6.64. The average molecular weight is 282 g/mol. The van der Waals surface area contributed by atoms with Gasteiger partial charge in [0.2, 0.25) is 10.0 Å². The van der Waals surface area contributed by atoms with Crippen LogP contribution >= 0.6 is 0 Å². The van der Waals surface area contributed by atoms with E-state index >= 15 is 0 Å². The van der Waals surface area contributed by atoms with Crippen molar-refractivity contribution in [1.82, 2.24) is 9.21 Å². The molecular formula is C14H22N2O2S. The molecule has 106 valence electrons. The molecule has 1 heterocycles. The van der Waals surface area contributed by atoms with Crippen molar-refractivity contribution in [3.05, 3.63) is 29.8 Å². The van der Waals surface area contributed by atoms with Gasteiger partial charge in [-0.25, -0.2) is 8.42 Å². The number of aryl methyl sites for hydroxylation is 1. The molecule has 2 rings (SSSR count). The SMILES string of the molecule is Cc1cccc(S(=O)(=O)N2CCC(N(C)C)CC2)c1. The van der Waals surface area contributed by atoms with Crippen LogP contribution in [0.25, 0.3) is 0 Å². The second kappa shape index (κ2) is 5.61. The van der Waals surface area contributed by atoms with Crippen molar-refractivity contribution in [2.75, 3.05) is 27.2 Å². The predicted octanol–water partition coefficient (Wildman–Crippen LogP) is 1.71. The molecule has 19 heavy (non-hydrogen) atoms. The summed E-state index contributed by atoms with van der Waals surface area (Å²) in [6, 6.07) is 7.63. The average Bonchev–Trinajstić information content (AvgIpc) is 2.39. The zero-order chi connectivity index (χ0) is 14.0. The lowest BCUT2D eigenvalue weighted by molar-refractivity contribution is 0.196. The van der Waals surface area contributed by atoms with E-state index in [1.54, 1.807) is 22.5 Å². The van der Waals surface area contributed by atoms with Gasteiger partial charge in [-0.2, -0.15) is 4.31 Å². The zero-order valence-electron chi connectivity index (χ0n) is 11.8. The molecule has 1 aliphatic heterocycles. The molecule has 1 aromatic rings. The van der Waals surface area contributed by atoms with E-state index in [0.717, 1.165) is 18.4 Å². The number of piperidine rings is 1. The van der Waals surface area contributed by atoms with Crippen molar-refractivity contribution in [3.8, 4) is 0 Å². The Hall–Kier alpha value is -0.910. The van der Waals surface area contributed by atoms with Crippen LogP contribution in [0, 0.1) is 6.92 Å². The van der Waals surface area contributed by atoms with Crippen molar-refractivity contribution in [2.45, 2.75) is 30.7 Å². The Bertz CT molecular complexity index is 532. The fourth-order valence-electron chi connectivity index (χ4n) is 2.52. The number of hydrogen-bond donors (Lipinski definition) is 0. The van der Waals surface area contributed by atoms with Gasteiger partial charge in [-0.1, -0.05) is 12.1 Å². The van der Waals surface area contributed by atoms with Crippen LogP contribution in [0.3, 0.4) is 0 Å². The molecule has 0 unspecified atom stereocenters. The second-order valence-electron chi connectivity index (χ2n) is 5.42. The molecule has 0 atom stereocenters. The third-order valence-electron chi connectivity index (χ3n) is 3.78. The second-order valence-corrected chi connectivity index (χ2v) is 7.35. The molecule has 1 fully saturated rings. The molecule has 0 aliphatic carbocycles. The normalized spacial score (nSPS) is 18.9. The lowest BCUT2D eigenvalue weighted by Gasteiger charge is -2.34. The van der Waals surface area contributed by atoms with E-state index in [0.29, 0.717) is 24.0 Å². The minimum Gasteiger partial charge on any atom is -0.306 e. The Kier molecular flexibility index (Phi) is 4.28. The minimum atomic E-state index is -3.32. The number of benzene rings is 1. The van der Waals surface area contributed by atoms with E-state index in [9.17, 15) is 8.42 Å². The van der Waals surface area contributed by atoms with Crippen LogP contribution in [-0.2, 0) is 10.0 Å². The van der Waals surface area contributed by atoms with Gasteiger partial charge in [0.15, 0.2) is 0 Å². The summed E-state index contributed by atoms with van der Waals surface area (Å²) in [4.78, 5) is 2.59. The zero-order valence-corrected chi connectivity index (χ0v) is 12.7. The van der Waals surface area contributed by atoms with Crippen LogP contribution in [0.5, 0.6) is 0 Å². The van der Waals surface area contributed by atoms with Crippen molar-refractivity contribution in [3.63, 3.8) is 0 Å². The van der Waals surface area contributed by atoms with Gasteiger partial charge >= 0.3 is 0 Å². The number of hydrogen-bond acceptors (Lipinski definition) is 3. The molecule has 1 saturated heterocycles. The molecule has 4 nitrogen and oxygen atoms in total. The summed E-state index contributed by atoms with van der Waals surface area (Å²) in [6.07, 6.45) is 1.80. The largest absolute Gasteiger partial charge is 0.306 e. The van der Waals surface area contributed by atoms with E-state index in [4.69, 9.17) is 0 Å². The maximum Gasteiger partial charge on any atom is 0.243 e. The van der Waals surface area contributed by atoms with E-state index in [1.165, 1.54) is 0 Å². The van der Waals surface area contributed by atoms with Crippen molar-refractivity contribution in [2.24, 2.45) is 0 Å². The van der Waals surface area contributed by atoms with Crippen LogP contribution in [0.4, 0.5) is 0 Å². The molecular weight excluding hydrogens is 260 g/mol. The highest BCUT2D eigenvalue weighted by atomic mass is 32.2. The Balaban J connectivity index is 2.14. The van der Waals surface area contributed by atoms with Crippen molar-refractivity contribution < 1.29 is 8.42 Å². The third kappa shape index (κ3) is 3.16. The topological polar surface area (TPSA) is 40.6 Å². The highest BCUT2D eigenvalue weighted by Crippen LogP contribution is 2.22. The summed E-state index contributed by atoms with van der Waals surface area (Å²) in [5.74, 6) is 0. The van der Waals surface area contributed by atoms with Gasteiger partial charge in [-0.3, -0.25) is 0 Å². The molecule has 0 spiro atoms. The molecule has 0 N–H and O–H groups in total. The molecule has 0 aromatic heterocycles. The fourth-order valence-corrected chi connectivity index (χ4v) is 4.10. The quantitative estimate of drug-likeness (QED) is 0.847. The Morgan fingerprint density at radius 2 is 1.84 bits per heavy atom. The van der Waals surface area contributed by atoms with E-state index < -0.39 is 10.0 Å². The first-order valence-corrected chi connectivity index (χ1v) is 8.08. The van der Waals surface area contributed by atoms with Crippen molar-refractivity contribution >= 4 is 10.0 Å². The first-order chi connectivity index (χ1) is 8.91. The first kappa shape index (κ1) is 14.5. The summed E-state index contributed by atoms with van der Waals surface area (Å²) in [7, 11) is 0.783. The van der Waals surface area contributed by atoms with Crippen LogP contribution in [0.2, 0.25) is 0 Å². The maximum absolute atomic E-state index is 12.5. The molecule has 1 aliphatic rings. The summed E-state index contributed by atoms with van der Waals surface area (Å²) < 4.78 is 26.7. The van der Waals surface area contributed by atoms with Crippen LogP contribution in [0.15, 0.2) is 29.2 Å². The Labute approximate surface area is 116 Å². The third-order valence-corrected chi connectivity index (χ3v) is 5.68. The standard InChI is InChI=1S/C14H22N2O2S/c1-12-5-4-6-14(11-12)19(17,18)16-9-7-13(8-10-16)15(2)3/h4-6,11,13H,7-10H2,1-3H3. The maximum atomic E-state index is 12.5. The summed E-state index contributed by atoms with van der Waals surface area (Å²) in [5.41, 5.74) is 0.976. The van der Waals surface area contributed by atoms with Gasteiger partial charge < -0.3 is 4.90 Å². The van der Waals surface area contributed by atoms with Gasteiger partial charge in [0.25, 0.3) is 0 Å². The molecule has 0 radical (unpaired) electrons. The monoisotopic (exact) mass is 282 g/mol. The highest BCUT2D eigenvalue weighted by Gasteiger charge is 2.29. The smallest absolute Gasteiger partial charge is 0.243 e. The lowest BCUT2D eigenvalue weighted by atomic mass is 10.1. The molecule has 0 saturated carbocycles. The van der Waals surface area contributed by atoms with Gasteiger partial charge in [-0.05, 0) is 51.6 Å². The fraction of sp³-hybridized carbons (Fsp3) is 0.571. The molecule has 1 aromatic carbocycles. The molecule has 0 bridgehead atoms. The van der Waals surface area contributed by atoms with E-state index in [1.807, 2.05) is 13.0 Å². The molecule has 0 amide bonds. The van der Waals surface area contributed by atoms with Crippen LogP contribution in [-0.4, -0.2) is 50.8 Å². The number of sulfonamides is 1. The summed E-state index contributed by atoms with van der Waals surface area (Å²) in [5, 5.41) is 0. The van der Waals surface area contributed by atoms with Crippen molar-refractivity contribution in [1.29, 1.82) is 0 Å². The Morgan fingerprint density at radius 3 is 2.37 bits per heavy atom. The van der Waals surface area contributed by atoms with Crippen LogP contribution in [0.1, 0.15) is 18.4 Å². The van der Waals surface area contributed by atoms with Crippen LogP contribution < -0.4 is 0 Å². The summed E-state index contributed by atoms with van der Waals surface area (Å²) >= 11 is 0. The molecule has 5 heteroatoms.